The first kappa shape index (κ1) is 16.7. The Balaban J connectivity index is 1.68. The summed E-state index contributed by atoms with van der Waals surface area (Å²) in [7, 11) is 1.59. The number of aryl methyl sites for hydroxylation is 1. The third-order valence-corrected chi connectivity index (χ3v) is 4.83. The molecule has 126 valence electrons. The average Bonchev–Trinajstić information content (AvgIpc) is 2.63. The predicted molar refractivity (Wildman–Crippen MR) is 97.3 cm³/mol. The van der Waals surface area contributed by atoms with Gasteiger partial charge in [-0.1, -0.05) is 29.8 Å². The number of hydrogen-bond acceptors (Lipinski definition) is 3. The van der Waals surface area contributed by atoms with Gasteiger partial charge in [-0.25, -0.2) is 0 Å². The zero-order valence-corrected chi connectivity index (χ0v) is 14.7. The maximum Gasteiger partial charge on any atom is 0.257 e. The Morgan fingerprint density at radius 2 is 1.79 bits per heavy atom. The molecule has 0 atom stereocenters. The summed E-state index contributed by atoms with van der Waals surface area (Å²) >= 11 is 6.22. The van der Waals surface area contributed by atoms with E-state index in [9.17, 15) is 4.79 Å². The van der Waals surface area contributed by atoms with Gasteiger partial charge in [0.2, 0.25) is 0 Å². The molecule has 1 amide bonds. The normalized spacial score (nSPS) is 14.6. The minimum atomic E-state index is 0.0223. The Bertz CT molecular complexity index is 740. The van der Waals surface area contributed by atoms with Gasteiger partial charge in [0.1, 0.15) is 5.75 Å². The Morgan fingerprint density at radius 3 is 2.46 bits per heavy atom. The molecule has 5 heteroatoms. The summed E-state index contributed by atoms with van der Waals surface area (Å²) in [5.41, 5.74) is 2.80. The number of amides is 1. The largest absolute Gasteiger partial charge is 0.496 e. The monoisotopic (exact) mass is 344 g/mol. The van der Waals surface area contributed by atoms with Gasteiger partial charge in [0.25, 0.3) is 5.91 Å². The van der Waals surface area contributed by atoms with Gasteiger partial charge in [-0.2, -0.15) is 0 Å². The highest BCUT2D eigenvalue weighted by atomic mass is 35.5. The van der Waals surface area contributed by atoms with Gasteiger partial charge in [0.15, 0.2) is 0 Å². The molecule has 0 aliphatic carbocycles. The van der Waals surface area contributed by atoms with Crippen LogP contribution >= 0.6 is 11.6 Å². The van der Waals surface area contributed by atoms with Crippen LogP contribution in [-0.2, 0) is 0 Å². The number of anilines is 1. The molecule has 3 rings (SSSR count). The van der Waals surface area contributed by atoms with Crippen LogP contribution in [0.2, 0.25) is 5.02 Å². The zero-order valence-electron chi connectivity index (χ0n) is 14.0. The van der Waals surface area contributed by atoms with Crippen molar-refractivity contribution in [2.45, 2.75) is 6.92 Å². The minimum absolute atomic E-state index is 0.0223. The van der Waals surface area contributed by atoms with E-state index in [1.165, 1.54) is 0 Å². The van der Waals surface area contributed by atoms with Crippen molar-refractivity contribution in [3.05, 3.63) is 58.6 Å². The van der Waals surface area contributed by atoms with E-state index >= 15 is 0 Å². The van der Waals surface area contributed by atoms with Gasteiger partial charge >= 0.3 is 0 Å². The van der Waals surface area contributed by atoms with E-state index in [1.54, 1.807) is 7.11 Å². The molecule has 1 saturated heterocycles. The lowest BCUT2D eigenvalue weighted by Gasteiger charge is -2.36. The van der Waals surface area contributed by atoms with E-state index in [4.69, 9.17) is 16.3 Å². The summed E-state index contributed by atoms with van der Waals surface area (Å²) in [6.45, 7) is 4.95. The molecule has 4 nitrogen and oxygen atoms in total. The highest BCUT2D eigenvalue weighted by Crippen LogP contribution is 2.25. The first-order valence-corrected chi connectivity index (χ1v) is 8.41. The van der Waals surface area contributed by atoms with Gasteiger partial charge in [-0.05, 0) is 36.8 Å². The molecular formula is C19H21ClN2O2. The molecule has 1 fully saturated rings. The van der Waals surface area contributed by atoms with Crippen molar-refractivity contribution in [2.24, 2.45) is 0 Å². The average molecular weight is 345 g/mol. The number of nitrogens with zero attached hydrogens (tertiary/aromatic N) is 2. The molecule has 1 aliphatic rings. The molecule has 2 aromatic carbocycles. The van der Waals surface area contributed by atoms with Gasteiger partial charge < -0.3 is 14.5 Å². The quantitative estimate of drug-likeness (QED) is 0.852. The molecule has 2 aromatic rings. The van der Waals surface area contributed by atoms with Gasteiger partial charge in [-0.15, -0.1) is 0 Å². The van der Waals surface area contributed by atoms with Crippen LogP contribution in [0.3, 0.4) is 0 Å². The van der Waals surface area contributed by atoms with Crippen LogP contribution < -0.4 is 9.64 Å². The van der Waals surface area contributed by atoms with Crippen LogP contribution in [0.5, 0.6) is 5.75 Å². The topological polar surface area (TPSA) is 32.8 Å². The Kier molecular flexibility index (Phi) is 4.95. The molecule has 0 bridgehead atoms. The standard InChI is InChI=1S/C19H21ClN2O2/c1-14-7-8-15(13-17(14)20)21-9-11-22(12-10-21)19(23)16-5-3-4-6-18(16)24-2/h3-8,13H,9-12H2,1-2H3. The maximum absolute atomic E-state index is 12.7. The highest BCUT2D eigenvalue weighted by Gasteiger charge is 2.24. The van der Waals surface area contributed by atoms with Crippen LogP contribution in [-0.4, -0.2) is 44.1 Å². The molecular weight excluding hydrogens is 324 g/mol. The molecule has 0 saturated carbocycles. The van der Waals surface area contributed by atoms with E-state index in [2.05, 4.69) is 11.0 Å². The first-order chi connectivity index (χ1) is 11.6. The third kappa shape index (κ3) is 3.34. The second-order valence-corrected chi connectivity index (χ2v) is 6.32. The van der Waals surface area contributed by atoms with Gasteiger partial charge in [0.05, 0.1) is 12.7 Å². The maximum atomic E-state index is 12.7. The minimum Gasteiger partial charge on any atom is -0.496 e. The van der Waals surface area contributed by atoms with Crippen molar-refractivity contribution in [3.8, 4) is 5.75 Å². The molecule has 0 spiro atoms. The number of ether oxygens (including phenoxy) is 1. The molecule has 24 heavy (non-hydrogen) atoms. The molecule has 0 aromatic heterocycles. The van der Waals surface area contributed by atoms with Crippen LogP contribution in [0.4, 0.5) is 5.69 Å². The molecule has 1 aliphatic heterocycles. The van der Waals surface area contributed by atoms with Crippen molar-refractivity contribution >= 4 is 23.2 Å². The fraction of sp³-hybridized carbons (Fsp3) is 0.316. The van der Waals surface area contributed by atoms with Crippen molar-refractivity contribution in [3.63, 3.8) is 0 Å². The Labute approximate surface area is 147 Å². The Morgan fingerprint density at radius 1 is 1.08 bits per heavy atom. The third-order valence-electron chi connectivity index (χ3n) is 4.42. The van der Waals surface area contributed by atoms with Gasteiger partial charge in [0, 0.05) is 36.9 Å². The number of methoxy groups -OCH3 is 1. The summed E-state index contributed by atoms with van der Waals surface area (Å²) in [5.74, 6) is 0.643. The number of piperazine rings is 1. The second-order valence-electron chi connectivity index (χ2n) is 5.91. The number of para-hydroxylation sites is 1. The molecule has 0 radical (unpaired) electrons. The lowest BCUT2D eigenvalue weighted by atomic mass is 10.1. The number of carbonyl (C=O) groups excluding carboxylic acids is 1. The van der Waals surface area contributed by atoms with E-state index < -0.39 is 0 Å². The number of halogens is 1. The summed E-state index contributed by atoms with van der Waals surface area (Å²) < 4.78 is 5.30. The fourth-order valence-corrected chi connectivity index (χ4v) is 3.11. The number of benzene rings is 2. The van der Waals surface area contributed by atoms with Crippen LogP contribution in [0.25, 0.3) is 0 Å². The van der Waals surface area contributed by atoms with Crippen LogP contribution in [0.1, 0.15) is 15.9 Å². The Hall–Kier alpha value is -2.20. The number of rotatable bonds is 3. The van der Waals surface area contributed by atoms with Crippen molar-refractivity contribution in [1.82, 2.24) is 4.90 Å². The number of hydrogen-bond donors (Lipinski definition) is 0. The van der Waals surface area contributed by atoms with Crippen molar-refractivity contribution in [2.75, 3.05) is 38.2 Å². The smallest absolute Gasteiger partial charge is 0.257 e. The molecule has 0 N–H and O–H groups in total. The predicted octanol–water partition coefficient (Wildman–Crippen LogP) is 3.62. The SMILES string of the molecule is COc1ccccc1C(=O)N1CCN(c2ccc(C)c(Cl)c2)CC1. The summed E-state index contributed by atoms with van der Waals surface area (Å²) in [5, 5.41) is 0.778. The fourth-order valence-electron chi connectivity index (χ4n) is 2.94. The van der Waals surface area contributed by atoms with Crippen molar-refractivity contribution in [1.29, 1.82) is 0 Å². The van der Waals surface area contributed by atoms with E-state index in [0.29, 0.717) is 24.4 Å². The van der Waals surface area contributed by atoms with Crippen molar-refractivity contribution < 1.29 is 9.53 Å². The van der Waals surface area contributed by atoms with E-state index in [1.807, 2.05) is 48.2 Å². The lowest BCUT2D eigenvalue weighted by Crippen LogP contribution is -2.48. The lowest BCUT2D eigenvalue weighted by molar-refractivity contribution is 0.0743. The molecule has 1 heterocycles. The van der Waals surface area contributed by atoms with Crippen LogP contribution in [0, 0.1) is 6.92 Å². The second kappa shape index (κ2) is 7.14. The summed E-state index contributed by atoms with van der Waals surface area (Å²) in [6, 6.07) is 13.5. The van der Waals surface area contributed by atoms with E-state index in [0.717, 1.165) is 29.4 Å². The van der Waals surface area contributed by atoms with E-state index in [-0.39, 0.29) is 5.91 Å². The summed E-state index contributed by atoms with van der Waals surface area (Å²) in [6.07, 6.45) is 0. The zero-order chi connectivity index (χ0) is 17.1. The first-order valence-electron chi connectivity index (χ1n) is 8.03. The molecule has 0 unspecified atom stereocenters. The van der Waals surface area contributed by atoms with Gasteiger partial charge in [-0.3, -0.25) is 4.79 Å². The van der Waals surface area contributed by atoms with Crippen LogP contribution in [0.15, 0.2) is 42.5 Å². The number of carbonyl (C=O) groups is 1. The summed E-state index contributed by atoms with van der Waals surface area (Å²) in [4.78, 5) is 16.9. The highest BCUT2D eigenvalue weighted by molar-refractivity contribution is 6.31.